The Labute approximate surface area is 158 Å². The summed E-state index contributed by atoms with van der Waals surface area (Å²) >= 11 is 3.51. The van der Waals surface area contributed by atoms with Gasteiger partial charge in [-0.1, -0.05) is 34.6 Å². The second-order valence-corrected chi connectivity index (χ2v) is 6.90. The lowest BCUT2D eigenvalue weighted by atomic mass is 9.88. The van der Waals surface area contributed by atoms with Gasteiger partial charge in [0.05, 0.1) is 0 Å². The molecule has 128 valence electrons. The molecule has 0 bridgehead atoms. The van der Waals surface area contributed by atoms with Crippen LogP contribution in [0, 0.1) is 0 Å². The number of rotatable bonds is 5. The number of benzene rings is 3. The largest absolute Gasteiger partial charge is 0.456 e. The van der Waals surface area contributed by atoms with Gasteiger partial charge in [0.25, 0.3) is 0 Å². The predicted molar refractivity (Wildman–Crippen MR) is 105 cm³/mol. The van der Waals surface area contributed by atoms with Gasteiger partial charge in [-0.3, -0.25) is 4.79 Å². The molecule has 1 aliphatic heterocycles. The first kappa shape index (κ1) is 16.5. The molecule has 1 amide bonds. The number of fused-ring (bicyclic) bond motifs is 2. The fraction of sp³-hybridized carbons (Fsp3) is 0.0476. The van der Waals surface area contributed by atoms with Gasteiger partial charge in [0.2, 0.25) is 6.41 Å². The van der Waals surface area contributed by atoms with E-state index in [-0.39, 0.29) is 6.42 Å². The average molecular weight is 408 g/mol. The van der Waals surface area contributed by atoms with Crippen molar-refractivity contribution in [3.63, 3.8) is 0 Å². The molecule has 0 aromatic heterocycles. The summed E-state index contributed by atoms with van der Waals surface area (Å²) in [4.78, 5) is 22.1. The summed E-state index contributed by atoms with van der Waals surface area (Å²) in [6.45, 7) is 3.95. The van der Waals surface area contributed by atoms with Crippen molar-refractivity contribution in [2.24, 2.45) is 0 Å². The second-order valence-electron chi connectivity index (χ2n) is 5.99. The van der Waals surface area contributed by atoms with Gasteiger partial charge in [0.1, 0.15) is 17.8 Å². The molecule has 1 N–H and O–H groups in total. The fourth-order valence-corrected chi connectivity index (χ4v) is 3.79. The van der Waals surface area contributed by atoms with E-state index in [0.29, 0.717) is 12.1 Å². The molecule has 4 nitrogen and oxygen atoms in total. The number of ether oxygens (including phenoxy) is 1. The number of carbonyl (C=O) groups excluding carboxylic acids is 2. The smallest absolute Gasteiger partial charge is 0.211 e. The normalized spacial score (nSPS) is 11.4. The summed E-state index contributed by atoms with van der Waals surface area (Å²) in [5, 5.41) is 4.40. The summed E-state index contributed by atoms with van der Waals surface area (Å²) < 4.78 is 7.06. The van der Waals surface area contributed by atoms with Gasteiger partial charge in [-0.2, -0.15) is 0 Å². The summed E-state index contributed by atoms with van der Waals surface area (Å²) in [7, 11) is 0. The first-order valence-corrected chi connectivity index (χ1v) is 8.83. The Kier molecular flexibility index (Phi) is 4.09. The minimum atomic E-state index is 0.271. The van der Waals surface area contributed by atoms with Crippen molar-refractivity contribution in [1.29, 1.82) is 0 Å². The maximum Gasteiger partial charge on any atom is 0.211 e. The van der Waals surface area contributed by atoms with E-state index in [1.165, 1.54) is 0 Å². The molecule has 0 aliphatic carbocycles. The SMILES string of the molecule is C=C(NC=O)c1ccc2c3c(ccc(CC=O)c13)-c1cc(Br)ccc1O2. The molecular formula is C21H14BrNO3. The molecule has 0 radical (unpaired) electrons. The molecule has 5 heteroatoms. The van der Waals surface area contributed by atoms with Gasteiger partial charge in [-0.05, 0) is 46.8 Å². The van der Waals surface area contributed by atoms with Crippen LogP contribution in [0.4, 0.5) is 0 Å². The van der Waals surface area contributed by atoms with Crippen LogP contribution in [-0.4, -0.2) is 12.7 Å². The Morgan fingerprint density at radius 2 is 1.85 bits per heavy atom. The Bertz CT molecular complexity index is 1090. The van der Waals surface area contributed by atoms with E-state index in [2.05, 4.69) is 27.8 Å². The van der Waals surface area contributed by atoms with Crippen molar-refractivity contribution in [3.05, 3.63) is 64.6 Å². The minimum Gasteiger partial charge on any atom is -0.456 e. The molecule has 0 spiro atoms. The third kappa shape index (κ3) is 2.52. The van der Waals surface area contributed by atoms with Crippen molar-refractivity contribution in [2.45, 2.75) is 6.42 Å². The number of carbonyl (C=O) groups is 2. The van der Waals surface area contributed by atoms with Gasteiger partial charge >= 0.3 is 0 Å². The molecular weight excluding hydrogens is 394 g/mol. The van der Waals surface area contributed by atoms with Crippen LogP contribution in [0.25, 0.3) is 27.6 Å². The molecule has 0 atom stereocenters. The van der Waals surface area contributed by atoms with E-state index >= 15 is 0 Å². The van der Waals surface area contributed by atoms with Crippen LogP contribution in [0.1, 0.15) is 11.1 Å². The van der Waals surface area contributed by atoms with Gasteiger partial charge in [-0.25, -0.2) is 0 Å². The summed E-state index contributed by atoms with van der Waals surface area (Å²) in [6.07, 6.45) is 1.74. The lowest BCUT2D eigenvalue weighted by Gasteiger charge is -2.24. The van der Waals surface area contributed by atoms with Crippen LogP contribution in [0.2, 0.25) is 0 Å². The maximum absolute atomic E-state index is 11.2. The van der Waals surface area contributed by atoms with Crippen molar-refractivity contribution in [3.8, 4) is 22.6 Å². The second kappa shape index (κ2) is 6.42. The number of hydrogen-bond acceptors (Lipinski definition) is 3. The summed E-state index contributed by atoms with van der Waals surface area (Å²) in [6, 6.07) is 13.6. The van der Waals surface area contributed by atoms with E-state index < -0.39 is 0 Å². The Hall–Kier alpha value is -2.92. The number of halogens is 1. The van der Waals surface area contributed by atoms with Crippen LogP contribution in [-0.2, 0) is 16.0 Å². The zero-order valence-corrected chi connectivity index (χ0v) is 15.3. The monoisotopic (exact) mass is 407 g/mol. The first-order chi connectivity index (χ1) is 12.6. The zero-order chi connectivity index (χ0) is 18.3. The van der Waals surface area contributed by atoms with Gasteiger partial charge < -0.3 is 14.8 Å². The van der Waals surface area contributed by atoms with Crippen LogP contribution in [0.3, 0.4) is 0 Å². The highest BCUT2D eigenvalue weighted by Crippen LogP contribution is 2.49. The molecule has 1 heterocycles. The molecule has 0 saturated carbocycles. The third-order valence-corrected chi connectivity index (χ3v) is 5.02. The molecule has 0 saturated heterocycles. The van der Waals surface area contributed by atoms with E-state index in [9.17, 15) is 9.59 Å². The van der Waals surface area contributed by atoms with E-state index in [4.69, 9.17) is 4.74 Å². The standard InChI is InChI=1S/C21H14BrNO3/c1-12(23-11-25)15-5-7-19-21-16(4-2-13(8-9-24)20(15)21)17-10-14(22)3-6-18(17)26-19/h2-7,9-11H,1,8H2,(H,23,25). The molecule has 3 aromatic rings. The van der Waals surface area contributed by atoms with Gasteiger partial charge in [0.15, 0.2) is 0 Å². The fourth-order valence-electron chi connectivity index (χ4n) is 3.42. The lowest BCUT2D eigenvalue weighted by Crippen LogP contribution is -2.09. The van der Waals surface area contributed by atoms with Gasteiger partial charge in [0, 0.05) is 33.1 Å². The summed E-state index contributed by atoms with van der Waals surface area (Å²) in [5.41, 5.74) is 4.12. The van der Waals surface area contributed by atoms with Crippen LogP contribution >= 0.6 is 15.9 Å². The van der Waals surface area contributed by atoms with Crippen LogP contribution in [0.15, 0.2) is 53.5 Å². The highest BCUT2D eigenvalue weighted by molar-refractivity contribution is 9.10. The topological polar surface area (TPSA) is 55.4 Å². The zero-order valence-electron chi connectivity index (χ0n) is 13.7. The van der Waals surface area contributed by atoms with Crippen molar-refractivity contribution in [2.75, 3.05) is 0 Å². The minimum absolute atomic E-state index is 0.271. The predicted octanol–water partition coefficient (Wildman–Crippen LogP) is 4.83. The third-order valence-electron chi connectivity index (χ3n) is 4.52. The van der Waals surface area contributed by atoms with Crippen molar-refractivity contribution in [1.82, 2.24) is 5.32 Å². The molecule has 0 fully saturated rings. The van der Waals surface area contributed by atoms with Crippen molar-refractivity contribution < 1.29 is 14.3 Å². The molecule has 1 aliphatic rings. The molecule has 3 aromatic carbocycles. The van der Waals surface area contributed by atoms with E-state index in [0.717, 1.165) is 55.3 Å². The highest BCUT2D eigenvalue weighted by Gasteiger charge is 2.23. The average Bonchev–Trinajstić information content (AvgIpc) is 2.64. The van der Waals surface area contributed by atoms with E-state index in [1.54, 1.807) is 0 Å². The Balaban J connectivity index is 2.10. The Morgan fingerprint density at radius 1 is 1.04 bits per heavy atom. The van der Waals surface area contributed by atoms with Gasteiger partial charge in [-0.15, -0.1) is 0 Å². The number of nitrogens with one attached hydrogen (secondary N) is 1. The van der Waals surface area contributed by atoms with Crippen LogP contribution in [0.5, 0.6) is 11.5 Å². The lowest BCUT2D eigenvalue weighted by molar-refractivity contribution is -0.108. The van der Waals surface area contributed by atoms with E-state index in [1.807, 2.05) is 42.5 Å². The summed E-state index contributed by atoms with van der Waals surface area (Å²) in [5.74, 6) is 1.50. The van der Waals surface area contributed by atoms with Crippen molar-refractivity contribution >= 4 is 45.1 Å². The molecule has 0 unspecified atom stereocenters. The molecule has 4 rings (SSSR count). The Morgan fingerprint density at radius 3 is 2.62 bits per heavy atom. The highest BCUT2D eigenvalue weighted by atomic mass is 79.9. The maximum atomic E-state index is 11.2. The quantitative estimate of drug-likeness (QED) is 0.481. The number of amides is 1. The number of hydrogen-bond donors (Lipinski definition) is 1. The first-order valence-electron chi connectivity index (χ1n) is 8.03. The molecule has 26 heavy (non-hydrogen) atoms. The number of aldehydes is 1. The van der Waals surface area contributed by atoms with Crippen LogP contribution < -0.4 is 10.1 Å².